The van der Waals surface area contributed by atoms with Crippen molar-refractivity contribution in [1.29, 1.82) is 0 Å². The molecule has 0 saturated heterocycles. The first-order chi connectivity index (χ1) is 9.63. The van der Waals surface area contributed by atoms with E-state index < -0.39 is 6.10 Å². The maximum Gasteiger partial charge on any atom is 0.119 e. The number of benzene rings is 2. The Morgan fingerprint density at radius 2 is 1.85 bits per heavy atom. The molecular weight excluding hydrogens is 272 g/mol. The molecular formula is C17H19ClO2. The normalized spacial score (nSPS) is 12.2. The van der Waals surface area contributed by atoms with Gasteiger partial charge in [-0.1, -0.05) is 48.9 Å². The van der Waals surface area contributed by atoms with Gasteiger partial charge >= 0.3 is 0 Å². The Morgan fingerprint density at radius 1 is 1.15 bits per heavy atom. The summed E-state index contributed by atoms with van der Waals surface area (Å²) in [6.45, 7) is 4.70. The lowest BCUT2D eigenvalue weighted by atomic mass is 10.00. The van der Waals surface area contributed by atoms with Crippen molar-refractivity contribution < 1.29 is 9.84 Å². The Labute approximate surface area is 125 Å². The molecule has 0 saturated carbocycles. The summed E-state index contributed by atoms with van der Waals surface area (Å²) in [5, 5.41) is 11.1. The molecule has 2 rings (SSSR count). The fourth-order valence-corrected chi connectivity index (χ4v) is 2.26. The summed E-state index contributed by atoms with van der Waals surface area (Å²) in [5.41, 5.74) is 2.50. The van der Waals surface area contributed by atoms with Crippen LogP contribution in [0.25, 0.3) is 0 Å². The van der Waals surface area contributed by atoms with Gasteiger partial charge in [0.1, 0.15) is 11.9 Å². The van der Waals surface area contributed by atoms with Crippen molar-refractivity contribution in [2.75, 3.05) is 6.61 Å². The third kappa shape index (κ3) is 3.33. The summed E-state index contributed by atoms with van der Waals surface area (Å²) in [4.78, 5) is 0. The average Bonchev–Trinajstić information content (AvgIpc) is 2.48. The molecule has 0 aliphatic rings. The molecule has 2 aromatic carbocycles. The molecule has 20 heavy (non-hydrogen) atoms. The highest BCUT2D eigenvalue weighted by Crippen LogP contribution is 2.31. The van der Waals surface area contributed by atoms with Gasteiger partial charge in [0.15, 0.2) is 0 Å². The van der Waals surface area contributed by atoms with Crippen LogP contribution in [0.4, 0.5) is 0 Å². The third-order valence-electron chi connectivity index (χ3n) is 3.18. The Bertz CT molecular complexity index is 564. The number of aryl methyl sites for hydroxylation is 1. The largest absolute Gasteiger partial charge is 0.494 e. The third-order valence-corrected chi connectivity index (χ3v) is 3.70. The predicted octanol–water partition coefficient (Wildman–Crippen LogP) is 4.52. The highest BCUT2D eigenvalue weighted by atomic mass is 35.5. The van der Waals surface area contributed by atoms with Crippen molar-refractivity contribution in [3.05, 3.63) is 64.2 Å². The Kier molecular flexibility index (Phi) is 5.05. The number of aliphatic hydroxyl groups excluding tert-OH is 1. The molecule has 0 aromatic heterocycles. The second-order valence-corrected chi connectivity index (χ2v) is 5.18. The van der Waals surface area contributed by atoms with E-state index in [-0.39, 0.29) is 0 Å². The highest BCUT2D eigenvalue weighted by Gasteiger charge is 2.14. The van der Waals surface area contributed by atoms with Crippen LogP contribution < -0.4 is 4.74 Å². The van der Waals surface area contributed by atoms with Crippen molar-refractivity contribution in [1.82, 2.24) is 0 Å². The van der Waals surface area contributed by atoms with Crippen molar-refractivity contribution in [3.63, 3.8) is 0 Å². The molecule has 0 fully saturated rings. The van der Waals surface area contributed by atoms with Crippen LogP contribution in [-0.2, 0) is 0 Å². The summed E-state index contributed by atoms with van der Waals surface area (Å²) in [6.07, 6.45) is 0.256. The number of halogens is 1. The maximum atomic E-state index is 10.4. The second kappa shape index (κ2) is 6.78. The van der Waals surface area contributed by atoms with Crippen LogP contribution in [0.2, 0.25) is 5.02 Å². The zero-order valence-electron chi connectivity index (χ0n) is 11.8. The summed E-state index contributed by atoms with van der Waals surface area (Å²) in [6, 6.07) is 13.2. The Hall–Kier alpha value is -1.51. The van der Waals surface area contributed by atoms with E-state index in [0.29, 0.717) is 11.6 Å². The second-order valence-electron chi connectivity index (χ2n) is 4.80. The number of rotatable bonds is 5. The van der Waals surface area contributed by atoms with E-state index in [4.69, 9.17) is 16.3 Å². The van der Waals surface area contributed by atoms with Crippen LogP contribution >= 0.6 is 11.6 Å². The molecule has 0 amide bonds. The standard InChI is InChI=1S/C17H19ClO2/c1-3-11-20-14-9-7-13(8-10-14)17(19)15-6-4-5-12(2)16(15)18/h4-10,17,19H,3,11H2,1-2H3. The van der Waals surface area contributed by atoms with Crippen LogP contribution in [0.3, 0.4) is 0 Å². The molecule has 2 nitrogen and oxygen atoms in total. The fraction of sp³-hybridized carbons (Fsp3) is 0.294. The van der Waals surface area contributed by atoms with Crippen LogP contribution in [0.15, 0.2) is 42.5 Å². The van der Waals surface area contributed by atoms with Crippen LogP contribution in [0.1, 0.15) is 36.1 Å². The van der Waals surface area contributed by atoms with Gasteiger partial charge in [0.05, 0.1) is 6.61 Å². The average molecular weight is 291 g/mol. The molecule has 0 spiro atoms. The van der Waals surface area contributed by atoms with E-state index in [2.05, 4.69) is 6.92 Å². The number of aliphatic hydroxyl groups is 1. The van der Waals surface area contributed by atoms with E-state index >= 15 is 0 Å². The quantitative estimate of drug-likeness (QED) is 0.877. The van der Waals surface area contributed by atoms with Gasteiger partial charge in [-0.25, -0.2) is 0 Å². The van der Waals surface area contributed by atoms with Gasteiger partial charge in [-0.15, -0.1) is 0 Å². The van der Waals surface area contributed by atoms with Crippen molar-refractivity contribution in [2.24, 2.45) is 0 Å². The highest BCUT2D eigenvalue weighted by molar-refractivity contribution is 6.32. The lowest BCUT2D eigenvalue weighted by molar-refractivity contribution is 0.220. The summed E-state index contributed by atoms with van der Waals surface area (Å²) in [7, 11) is 0. The van der Waals surface area contributed by atoms with Crippen molar-refractivity contribution >= 4 is 11.6 Å². The lowest BCUT2D eigenvalue weighted by Gasteiger charge is -2.15. The minimum atomic E-state index is -0.720. The van der Waals surface area contributed by atoms with E-state index in [1.807, 2.05) is 49.4 Å². The molecule has 1 unspecified atom stereocenters. The van der Waals surface area contributed by atoms with Gasteiger partial charge in [-0.3, -0.25) is 0 Å². The molecule has 0 aliphatic carbocycles. The van der Waals surface area contributed by atoms with Gasteiger partial charge in [0.2, 0.25) is 0 Å². The molecule has 0 aliphatic heterocycles. The Morgan fingerprint density at radius 3 is 2.50 bits per heavy atom. The van der Waals surface area contributed by atoms with Crippen LogP contribution in [-0.4, -0.2) is 11.7 Å². The molecule has 0 radical (unpaired) electrons. The molecule has 3 heteroatoms. The number of ether oxygens (including phenoxy) is 1. The van der Waals surface area contributed by atoms with Gasteiger partial charge < -0.3 is 9.84 Å². The molecule has 1 atom stereocenters. The Balaban J connectivity index is 2.20. The van der Waals surface area contributed by atoms with E-state index in [9.17, 15) is 5.11 Å². The SMILES string of the molecule is CCCOc1ccc(C(O)c2cccc(C)c2Cl)cc1. The van der Waals surface area contributed by atoms with Gasteiger partial charge in [-0.05, 0) is 36.6 Å². The summed E-state index contributed by atoms with van der Waals surface area (Å²) < 4.78 is 5.53. The minimum absolute atomic E-state index is 0.617. The minimum Gasteiger partial charge on any atom is -0.494 e. The molecule has 1 N–H and O–H groups in total. The predicted molar refractivity (Wildman–Crippen MR) is 82.5 cm³/mol. The zero-order valence-corrected chi connectivity index (χ0v) is 12.5. The van der Waals surface area contributed by atoms with Gasteiger partial charge in [-0.2, -0.15) is 0 Å². The zero-order chi connectivity index (χ0) is 14.5. The van der Waals surface area contributed by atoms with E-state index in [0.717, 1.165) is 28.9 Å². The van der Waals surface area contributed by atoms with Crippen LogP contribution in [0.5, 0.6) is 5.75 Å². The van der Waals surface area contributed by atoms with Crippen LogP contribution in [0, 0.1) is 6.92 Å². The van der Waals surface area contributed by atoms with E-state index in [1.165, 1.54) is 0 Å². The first kappa shape index (κ1) is 14.9. The van der Waals surface area contributed by atoms with Crippen molar-refractivity contribution in [2.45, 2.75) is 26.4 Å². The monoisotopic (exact) mass is 290 g/mol. The van der Waals surface area contributed by atoms with Crippen molar-refractivity contribution in [3.8, 4) is 5.75 Å². The first-order valence-electron chi connectivity index (χ1n) is 6.79. The first-order valence-corrected chi connectivity index (χ1v) is 7.17. The summed E-state index contributed by atoms with van der Waals surface area (Å²) >= 11 is 6.25. The number of hydrogen-bond acceptors (Lipinski definition) is 2. The molecule has 0 bridgehead atoms. The van der Waals surface area contributed by atoms with Gasteiger partial charge in [0.25, 0.3) is 0 Å². The maximum absolute atomic E-state index is 10.4. The summed E-state index contributed by atoms with van der Waals surface area (Å²) in [5.74, 6) is 0.818. The smallest absolute Gasteiger partial charge is 0.119 e. The fourth-order valence-electron chi connectivity index (χ4n) is 2.03. The molecule has 0 heterocycles. The topological polar surface area (TPSA) is 29.5 Å². The van der Waals surface area contributed by atoms with E-state index in [1.54, 1.807) is 0 Å². The molecule has 2 aromatic rings. The molecule has 106 valence electrons. The number of hydrogen-bond donors (Lipinski definition) is 1. The van der Waals surface area contributed by atoms with Gasteiger partial charge in [0, 0.05) is 10.6 Å². The lowest BCUT2D eigenvalue weighted by Crippen LogP contribution is -2.02.